The summed E-state index contributed by atoms with van der Waals surface area (Å²) in [4.78, 5) is 12.8. The van der Waals surface area contributed by atoms with Gasteiger partial charge in [-0.1, -0.05) is 11.6 Å². The fourth-order valence-corrected chi connectivity index (χ4v) is 3.57. The van der Waals surface area contributed by atoms with Gasteiger partial charge in [-0.05, 0) is 38.1 Å². The van der Waals surface area contributed by atoms with Gasteiger partial charge in [0.15, 0.2) is 0 Å². The molecular formula is C17H18ClNO3S. The number of hydrogen-bond donors (Lipinski definition) is 1. The average Bonchev–Trinajstić information content (AvgIpc) is 3.09. The van der Waals surface area contributed by atoms with E-state index in [1.165, 1.54) is 11.3 Å². The van der Waals surface area contributed by atoms with E-state index < -0.39 is 0 Å². The number of amides is 1. The van der Waals surface area contributed by atoms with E-state index in [4.69, 9.17) is 21.1 Å². The Hall–Kier alpha value is -1.72. The second-order valence-corrected chi connectivity index (χ2v) is 7.13. The Kier molecular flexibility index (Phi) is 4.78. The van der Waals surface area contributed by atoms with Crippen LogP contribution in [0.5, 0.6) is 11.5 Å². The van der Waals surface area contributed by atoms with Crippen LogP contribution >= 0.6 is 22.9 Å². The van der Waals surface area contributed by atoms with Gasteiger partial charge in [-0.3, -0.25) is 4.79 Å². The molecule has 2 heterocycles. The number of rotatable bonds is 5. The maximum atomic E-state index is 12.2. The zero-order valence-electron chi connectivity index (χ0n) is 13.0. The number of ether oxygens (including phenoxy) is 2. The Morgan fingerprint density at radius 3 is 3.00 bits per heavy atom. The van der Waals surface area contributed by atoms with Crippen LogP contribution < -0.4 is 14.8 Å². The molecule has 122 valence electrons. The predicted octanol–water partition coefficient (Wildman–Crippen LogP) is 4.05. The fraction of sp³-hybridized carbons (Fsp3) is 0.353. The molecule has 0 aliphatic carbocycles. The van der Waals surface area contributed by atoms with Gasteiger partial charge < -0.3 is 14.8 Å². The molecule has 2 aromatic rings. The lowest BCUT2D eigenvalue weighted by molar-refractivity contribution is 0.0954. The van der Waals surface area contributed by atoms with Crippen molar-refractivity contribution in [1.29, 1.82) is 0 Å². The molecule has 1 atom stereocenters. The normalized spacial score (nSPS) is 15.9. The Morgan fingerprint density at radius 1 is 1.48 bits per heavy atom. The minimum absolute atomic E-state index is 0.140. The highest BCUT2D eigenvalue weighted by Gasteiger charge is 2.22. The van der Waals surface area contributed by atoms with E-state index in [1.807, 2.05) is 26.0 Å². The number of carbonyl (C=O) groups is 1. The first-order valence-electron chi connectivity index (χ1n) is 7.55. The number of thiophene rings is 1. The fourth-order valence-electron chi connectivity index (χ4n) is 2.61. The van der Waals surface area contributed by atoms with Gasteiger partial charge in [0.25, 0.3) is 5.91 Å². The minimum atomic E-state index is -0.140. The molecule has 0 fully saturated rings. The third kappa shape index (κ3) is 3.62. The van der Waals surface area contributed by atoms with Gasteiger partial charge in [-0.25, -0.2) is 0 Å². The number of hydrogen-bond acceptors (Lipinski definition) is 4. The summed E-state index contributed by atoms with van der Waals surface area (Å²) in [5, 5.41) is 2.91. The van der Waals surface area contributed by atoms with Crippen LogP contribution in [-0.2, 0) is 13.0 Å². The second kappa shape index (κ2) is 6.81. The highest BCUT2D eigenvalue weighted by molar-refractivity contribution is 7.17. The minimum Gasteiger partial charge on any atom is -0.494 e. The molecule has 1 amide bonds. The highest BCUT2D eigenvalue weighted by Crippen LogP contribution is 2.35. The van der Waals surface area contributed by atoms with Gasteiger partial charge in [0, 0.05) is 24.1 Å². The third-order valence-electron chi connectivity index (χ3n) is 3.62. The molecular weight excluding hydrogens is 334 g/mol. The summed E-state index contributed by atoms with van der Waals surface area (Å²) < 4.78 is 12.1. The van der Waals surface area contributed by atoms with Crippen molar-refractivity contribution in [1.82, 2.24) is 5.32 Å². The molecule has 3 rings (SSSR count). The van der Waals surface area contributed by atoms with E-state index in [0.29, 0.717) is 22.4 Å². The average molecular weight is 352 g/mol. The van der Waals surface area contributed by atoms with E-state index in [9.17, 15) is 4.79 Å². The van der Waals surface area contributed by atoms with Crippen molar-refractivity contribution >= 4 is 28.8 Å². The lowest BCUT2D eigenvalue weighted by Crippen LogP contribution is -2.22. The molecule has 0 spiro atoms. The molecule has 0 saturated carbocycles. The van der Waals surface area contributed by atoms with Gasteiger partial charge >= 0.3 is 0 Å². The summed E-state index contributed by atoms with van der Waals surface area (Å²) in [5.74, 6) is 1.54. The van der Waals surface area contributed by atoms with Crippen molar-refractivity contribution in [2.75, 3.05) is 6.61 Å². The molecule has 0 saturated heterocycles. The third-order valence-corrected chi connectivity index (χ3v) is 4.85. The van der Waals surface area contributed by atoms with Crippen LogP contribution in [0, 0.1) is 0 Å². The molecule has 1 aliphatic rings. The van der Waals surface area contributed by atoms with Crippen LogP contribution in [0.1, 0.15) is 34.6 Å². The molecule has 0 radical (unpaired) electrons. The van der Waals surface area contributed by atoms with Gasteiger partial charge in [0.2, 0.25) is 0 Å². The SMILES string of the molecule is CCOc1cc2c(cc1CNC(=O)c1ccc(Cl)s1)O[C@H](C)C2. The summed E-state index contributed by atoms with van der Waals surface area (Å²) in [7, 11) is 0. The topological polar surface area (TPSA) is 47.6 Å². The lowest BCUT2D eigenvalue weighted by atomic mass is 10.1. The van der Waals surface area contributed by atoms with Gasteiger partial charge in [0.05, 0.1) is 15.8 Å². The first-order valence-corrected chi connectivity index (χ1v) is 8.75. The Balaban J connectivity index is 1.76. The van der Waals surface area contributed by atoms with E-state index in [-0.39, 0.29) is 12.0 Å². The molecule has 1 aliphatic heterocycles. The molecule has 0 unspecified atom stereocenters. The van der Waals surface area contributed by atoms with Crippen LogP contribution in [0.15, 0.2) is 24.3 Å². The zero-order chi connectivity index (χ0) is 16.4. The van der Waals surface area contributed by atoms with Crippen molar-refractivity contribution in [3.63, 3.8) is 0 Å². The number of benzene rings is 1. The monoisotopic (exact) mass is 351 g/mol. The maximum Gasteiger partial charge on any atom is 0.261 e. The smallest absolute Gasteiger partial charge is 0.261 e. The Morgan fingerprint density at radius 2 is 2.30 bits per heavy atom. The second-order valence-electron chi connectivity index (χ2n) is 5.42. The molecule has 4 nitrogen and oxygen atoms in total. The van der Waals surface area contributed by atoms with E-state index in [1.54, 1.807) is 12.1 Å². The largest absolute Gasteiger partial charge is 0.494 e. The summed E-state index contributed by atoms with van der Waals surface area (Å²) in [6, 6.07) is 7.42. The van der Waals surface area contributed by atoms with Crippen molar-refractivity contribution in [2.24, 2.45) is 0 Å². The van der Waals surface area contributed by atoms with Crippen LogP contribution in [0.25, 0.3) is 0 Å². The van der Waals surface area contributed by atoms with Crippen LogP contribution in [0.4, 0.5) is 0 Å². The summed E-state index contributed by atoms with van der Waals surface area (Å²) in [6.45, 7) is 4.95. The maximum absolute atomic E-state index is 12.2. The van der Waals surface area contributed by atoms with E-state index >= 15 is 0 Å². The molecule has 1 aromatic heterocycles. The molecule has 0 bridgehead atoms. The summed E-state index contributed by atoms with van der Waals surface area (Å²) >= 11 is 7.13. The lowest BCUT2D eigenvalue weighted by Gasteiger charge is -2.13. The van der Waals surface area contributed by atoms with Gasteiger partial charge in [-0.15, -0.1) is 11.3 Å². The number of carbonyl (C=O) groups excluding carboxylic acids is 1. The van der Waals surface area contributed by atoms with Crippen molar-refractivity contribution in [2.45, 2.75) is 32.9 Å². The Bertz CT molecular complexity index is 729. The number of nitrogens with one attached hydrogen (secondary N) is 1. The van der Waals surface area contributed by atoms with Gasteiger partial charge in [-0.2, -0.15) is 0 Å². The van der Waals surface area contributed by atoms with Crippen molar-refractivity contribution < 1.29 is 14.3 Å². The number of fused-ring (bicyclic) bond motifs is 1. The predicted molar refractivity (Wildman–Crippen MR) is 91.9 cm³/mol. The first-order chi connectivity index (χ1) is 11.1. The number of halogens is 1. The highest BCUT2D eigenvalue weighted by atomic mass is 35.5. The molecule has 6 heteroatoms. The Labute approximate surface area is 144 Å². The van der Waals surface area contributed by atoms with Crippen LogP contribution in [-0.4, -0.2) is 18.6 Å². The molecule has 1 N–H and O–H groups in total. The summed E-state index contributed by atoms with van der Waals surface area (Å²) in [6.07, 6.45) is 1.06. The van der Waals surface area contributed by atoms with Crippen LogP contribution in [0.3, 0.4) is 0 Å². The van der Waals surface area contributed by atoms with Crippen molar-refractivity contribution in [3.8, 4) is 11.5 Å². The van der Waals surface area contributed by atoms with Crippen molar-refractivity contribution in [3.05, 3.63) is 44.6 Å². The zero-order valence-corrected chi connectivity index (χ0v) is 14.6. The molecule has 1 aromatic carbocycles. The molecule has 23 heavy (non-hydrogen) atoms. The quantitative estimate of drug-likeness (QED) is 0.883. The standard InChI is InChI=1S/C17H18ClNO3S/c1-3-21-13-7-11-6-10(2)22-14(11)8-12(13)9-19-17(20)15-4-5-16(18)23-15/h4-5,7-8,10H,3,6,9H2,1-2H3,(H,19,20)/t10-/m1/s1. The van der Waals surface area contributed by atoms with Gasteiger partial charge in [0.1, 0.15) is 17.6 Å². The van der Waals surface area contributed by atoms with Crippen LogP contribution in [0.2, 0.25) is 4.34 Å². The van der Waals surface area contributed by atoms with E-state index in [0.717, 1.165) is 29.0 Å². The summed E-state index contributed by atoms with van der Waals surface area (Å²) in [5.41, 5.74) is 2.07. The van der Waals surface area contributed by atoms with E-state index in [2.05, 4.69) is 5.32 Å². The first kappa shape index (κ1) is 16.1.